The van der Waals surface area contributed by atoms with E-state index in [1.54, 1.807) is 23.9 Å². The van der Waals surface area contributed by atoms with E-state index in [4.69, 9.17) is 4.74 Å². The van der Waals surface area contributed by atoms with Gasteiger partial charge in [0.25, 0.3) is 0 Å². The fourth-order valence-electron chi connectivity index (χ4n) is 7.67. The maximum absolute atomic E-state index is 13.1. The number of thiophene rings is 1. The molecule has 1 N–H and O–H groups in total. The number of amides is 1. The topological polar surface area (TPSA) is 83.5 Å². The minimum atomic E-state index is 0.117. The van der Waals surface area contributed by atoms with Gasteiger partial charge in [-0.15, -0.1) is 11.3 Å². The maximum Gasteiger partial charge on any atom is 0.246 e. The van der Waals surface area contributed by atoms with E-state index in [-0.39, 0.29) is 5.91 Å². The Kier molecular flexibility index (Phi) is 6.08. The fraction of sp³-hybridized carbons (Fsp3) is 0.394. The van der Waals surface area contributed by atoms with Crippen LogP contribution >= 0.6 is 11.3 Å². The summed E-state index contributed by atoms with van der Waals surface area (Å²) < 4.78 is 6.05. The van der Waals surface area contributed by atoms with Gasteiger partial charge in [0.05, 0.1) is 18.1 Å². The normalized spacial score (nSPS) is 24.3. The summed E-state index contributed by atoms with van der Waals surface area (Å²) in [5.74, 6) is 2.41. The molecule has 3 fully saturated rings. The lowest BCUT2D eigenvalue weighted by molar-refractivity contribution is -0.162. The molecule has 1 aromatic carbocycles. The molecule has 0 bridgehead atoms. The Balaban J connectivity index is 0.955. The number of piperidine rings is 1. The van der Waals surface area contributed by atoms with Crippen molar-refractivity contribution in [2.45, 2.75) is 76.5 Å². The van der Waals surface area contributed by atoms with Crippen LogP contribution in [0.4, 0.5) is 11.5 Å². The molecule has 0 spiro atoms. The number of nitrogens with zero attached hydrogens (tertiary/aromatic N) is 5. The van der Waals surface area contributed by atoms with Gasteiger partial charge in [-0.05, 0) is 99.9 Å². The number of hydrogen-bond donors (Lipinski definition) is 1. The van der Waals surface area contributed by atoms with Crippen LogP contribution in [0.25, 0.3) is 10.2 Å². The Morgan fingerprint density at radius 1 is 1.14 bits per heavy atom. The molecule has 9 heteroatoms. The van der Waals surface area contributed by atoms with Gasteiger partial charge in [-0.25, -0.2) is 9.97 Å². The molecule has 42 heavy (non-hydrogen) atoms. The van der Waals surface area contributed by atoms with Gasteiger partial charge in [0.2, 0.25) is 5.91 Å². The van der Waals surface area contributed by atoms with Crippen LogP contribution in [-0.4, -0.2) is 54.8 Å². The molecule has 3 aromatic heterocycles. The summed E-state index contributed by atoms with van der Waals surface area (Å²) in [6, 6.07) is 11.5. The largest absolute Gasteiger partial charge is 0.455 e. The van der Waals surface area contributed by atoms with Crippen LogP contribution < -0.4 is 10.1 Å². The van der Waals surface area contributed by atoms with Crippen LogP contribution in [0.5, 0.6) is 11.5 Å². The molecule has 0 radical (unpaired) electrons. The number of carbonyl (C=O) groups excluding carboxylic acids is 1. The van der Waals surface area contributed by atoms with E-state index in [0.717, 1.165) is 63.7 Å². The Morgan fingerprint density at radius 2 is 2.00 bits per heavy atom. The van der Waals surface area contributed by atoms with Crippen molar-refractivity contribution in [3.63, 3.8) is 0 Å². The summed E-state index contributed by atoms with van der Waals surface area (Å²) in [4.78, 5) is 33.5. The number of rotatable bonds is 7. The molecular formula is C33H34N6O2S. The van der Waals surface area contributed by atoms with Crippen molar-refractivity contribution in [3.05, 3.63) is 76.7 Å². The summed E-state index contributed by atoms with van der Waals surface area (Å²) in [5, 5.41) is 4.58. The summed E-state index contributed by atoms with van der Waals surface area (Å²) in [6.07, 6.45) is 14.5. The van der Waals surface area contributed by atoms with Gasteiger partial charge in [-0.3, -0.25) is 14.7 Å². The highest BCUT2D eigenvalue weighted by atomic mass is 32.1. The van der Waals surface area contributed by atoms with E-state index in [0.29, 0.717) is 24.4 Å². The number of fused-ring (bicyclic) bond motifs is 3. The van der Waals surface area contributed by atoms with Crippen LogP contribution in [0.1, 0.15) is 53.8 Å². The third-order valence-corrected chi connectivity index (χ3v) is 10.8. The van der Waals surface area contributed by atoms with E-state index >= 15 is 0 Å². The molecule has 8 nitrogen and oxygen atoms in total. The molecule has 4 aliphatic rings. The van der Waals surface area contributed by atoms with Crippen molar-refractivity contribution in [1.29, 1.82) is 0 Å². The van der Waals surface area contributed by atoms with E-state index in [9.17, 15) is 4.79 Å². The van der Waals surface area contributed by atoms with Crippen molar-refractivity contribution in [2.24, 2.45) is 0 Å². The fourth-order valence-corrected chi connectivity index (χ4v) is 8.87. The third kappa shape index (κ3) is 4.29. The van der Waals surface area contributed by atoms with Crippen molar-refractivity contribution in [2.75, 3.05) is 11.9 Å². The van der Waals surface area contributed by atoms with Crippen molar-refractivity contribution < 1.29 is 9.53 Å². The number of carbonyl (C=O) groups is 1. The number of benzene rings is 1. The first-order chi connectivity index (χ1) is 20.5. The van der Waals surface area contributed by atoms with Gasteiger partial charge in [-0.1, -0.05) is 6.08 Å². The number of nitrogens with one attached hydrogen (secondary N) is 1. The summed E-state index contributed by atoms with van der Waals surface area (Å²) in [6.45, 7) is 5.32. The van der Waals surface area contributed by atoms with Gasteiger partial charge < -0.3 is 15.0 Å². The SMILES string of the molecule is Cc1ccc(Oc2ccc(Nc3ncnc4sc5c(c34)CCN(C(=O)/C=C/CC34CC6CCC(C3)N64)C5)cc2C)cn1. The van der Waals surface area contributed by atoms with Crippen LogP contribution in [0.2, 0.25) is 0 Å². The minimum Gasteiger partial charge on any atom is -0.455 e. The molecule has 2 unspecified atom stereocenters. The molecule has 4 aliphatic heterocycles. The van der Waals surface area contributed by atoms with E-state index < -0.39 is 0 Å². The van der Waals surface area contributed by atoms with Crippen molar-refractivity contribution >= 4 is 39.0 Å². The molecular weight excluding hydrogens is 544 g/mol. The zero-order valence-corrected chi connectivity index (χ0v) is 24.8. The maximum atomic E-state index is 13.1. The molecule has 8 rings (SSSR count). The second-order valence-corrected chi connectivity index (χ2v) is 13.4. The average Bonchev–Trinajstić information content (AvgIpc) is 3.40. The predicted molar refractivity (Wildman–Crippen MR) is 164 cm³/mol. The number of ether oxygens (including phenoxy) is 1. The highest BCUT2D eigenvalue weighted by Crippen LogP contribution is 2.60. The van der Waals surface area contributed by atoms with Gasteiger partial charge in [0, 0.05) is 40.4 Å². The molecule has 3 saturated heterocycles. The molecule has 0 aliphatic carbocycles. The Hall–Kier alpha value is -3.82. The summed E-state index contributed by atoms with van der Waals surface area (Å²) in [7, 11) is 0. The first kappa shape index (κ1) is 25.9. The molecule has 2 atom stereocenters. The number of pyridine rings is 1. The third-order valence-electron chi connectivity index (χ3n) is 9.66. The minimum absolute atomic E-state index is 0.117. The first-order valence-corrected chi connectivity index (χ1v) is 15.7. The standard InChI is InChI=1S/C33H34N6O2S/c1-20-14-22(6-10-27(20)41-25-9-5-21(2)34-17-25)37-31-30-26-11-13-38(18-28(26)42-32(30)36-19-35-31)29(40)4-3-12-33-15-23-7-8-24(16-33)39(23)33/h3-6,9-10,14,17,19,23-24H,7-8,11-13,15-16,18H2,1-2H3,(H,35,36,37)/b4-3+. The van der Waals surface area contributed by atoms with Gasteiger partial charge >= 0.3 is 0 Å². The second-order valence-electron chi connectivity index (χ2n) is 12.3. The monoisotopic (exact) mass is 578 g/mol. The predicted octanol–water partition coefficient (Wildman–Crippen LogP) is 6.45. The van der Waals surface area contributed by atoms with Gasteiger partial charge in [0.15, 0.2) is 0 Å². The quantitative estimate of drug-likeness (QED) is 0.252. The smallest absolute Gasteiger partial charge is 0.246 e. The van der Waals surface area contributed by atoms with Crippen molar-refractivity contribution in [1.82, 2.24) is 24.8 Å². The van der Waals surface area contributed by atoms with Crippen LogP contribution in [0.15, 0.2) is 55.0 Å². The number of anilines is 2. The van der Waals surface area contributed by atoms with Crippen LogP contribution in [0.3, 0.4) is 0 Å². The summed E-state index contributed by atoms with van der Waals surface area (Å²) >= 11 is 1.67. The van der Waals surface area contributed by atoms with Gasteiger partial charge in [0.1, 0.15) is 28.5 Å². The van der Waals surface area contributed by atoms with Crippen molar-refractivity contribution in [3.8, 4) is 11.5 Å². The van der Waals surface area contributed by atoms with Crippen LogP contribution in [-0.2, 0) is 17.8 Å². The highest BCUT2D eigenvalue weighted by Gasteiger charge is 2.64. The second kappa shape index (κ2) is 9.88. The molecule has 1 amide bonds. The average molecular weight is 579 g/mol. The van der Waals surface area contributed by atoms with Crippen LogP contribution in [0, 0.1) is 13.8 Å². The lowest BCUT2D eigenvalue weighted by atomic mass is 9.66. The highest BCUT2D eigenvalue weighted by molar-refractivity contribution is 7.19. The number of hydrogen-bond acceptors (Lipinski definition) is 8. The lowest BCUT2D eigenvalue weighted by Crippen LogP contribution is -2.74. The molecule has 7 heterocycles. The zero-order chi connectivity index (χ0) is 28.4. The number of aryl methyl sites for hydroxylation is 2. The molecule has 4 aromatic rings. The van der Waals surface area contributed by atoms with Gasteiger partial charge in [-0.2, -0.15) is 0 Å². The lowest BCUT2D eigenvalue weighted by Gasteiger charge is -2.67. The Labute approximate surface area is 249 Å². The van der Waals surface area contributed by atoms with E-state index in [1.807, 2.05) is 49.1 Å². The van der Waals surface area contributed by atoms with E-state index in [2.05, 4.69) is 37.3 Å². The Morgan fingerprint density at radius 3 is 2.79 bits per heavy atom. The zero-order valence-electron chi connectivity index (χ0n) is 24.0. The van der Waals surface area contributed by atoms with E-state index in [1.165, 1.54) is 36.1 Å². The number of aromatic nitrogens is 3. The molecule has 0 saturated carbocycles. The first-order valence-electron chi connectivity index (χ1n) is 14.9. The summed E-state index contributed by atoms with van der Waals surface area (Å²) in [5.41, 5.74) is 4.52. The Bertz CT molecular complexity index is 1720. The molecule has 214 valence electrons.